The first-order valence-electron chi connectivity index (χ1n) is 9.65. The van der Waals surface area contributed by atoms with Crippen molar-refractivity contribution in [2.45, 2.75) is 0 Å². The van der Waals surface area contributed by atoms with Crippen LogP contribution in [0.15, 0.2) is 83.8 Å². The maximum atomic E-state index is 13.4. The van der Waals surface area contributed by atoms with Crippen LogP contribution in [0.4, 0.5) is 0 Å². The zero-order chi connectivity index (χ0) is 20.5. The zero-order valence-corrected chi connectivity index (χ0v) is 16.4. The number of para-hydroxylation sites is 4. The number of H-pyrrole nitrogens is 1. The van der Waals surface area contributed by atoms with Gasteiger partial charge in [0.1, 0.15) is 11.6 Å². The van der Waals surface area contributed by atoms with Gasteiger partial charge in [0, 0.05) is 17.1 Å². The third-order valence-corrected chi connectivity index (χ3v) is 5.16. The van der Waals surface area contributed by atoms with E-state index in [1.165, 1.54) is 0 Å². The maximum Gasteiger partial charge on any atom is 0.266 e. The summed E-state index contributed by atoms with van der Waals surface area (Å²) in [7, 11) is 1.60. The average Bonchev–Trinajstić information content (AvgIpc) is 3.21. The zero-order valence-electron chi connectivity index (χ0n) is 16.4. The molecular formula is C25H19N3O2. The molecule has 0 saturated carbocycles. The largest absolute Gasteiger partial charge is 0.495 e. The van der Waals surface area contributed by atoms with Crippen molar-refractivity contribution >= 4 is 34.0 Å². The lowest BCUT2D eigenvalue weighted by Crippen LogP contribution is -2.22. The predicted molar refractivity (Wildman–Crippen MR) is 121 cm³/mol. The normalized spacial score (nSPS) is 11.5. The van der Waals surface area contributed by atoms with Gasteiger partial charge in [-0.3, -0.25) is 9.36 Å². The van der Waals surface area contributed by atoms with Gasteiger partial charge in [-0.05, 0) is 48.0 Å². The molecule has 1 N–H and O–H groups in total. The molecule has 0 saturated heterocycles. The van der Waals surface area contributed by atoms with Crippen LogP contribution in [0.1, 0.15) is 11.4 Å². The van der Waals surface area contributed by atoms with Crippen molar-refractivity contribution in [3.63, 3.8) is 0 Å². The lowest BCUT2D eigenvalue weighted by atomic mass is 10.1. The van der Waals surface area contributed by atoms with Crippen LogP contribution in [0.2, 0.25) is 0 Å². The van der Waals surface area contributed by atoms with E-state index < -0.39 is 0 Å². The van der Waals surface area contributed by atoms with Crippen molar-refractivity contribution in [2.75, 3.05) is 7.11 Å². The first-order valence-corrected chi connectivity index (χ1v) is 9.65. The predicted octanol–water partition coefficient (Wildman–Crippen LogP) is 5.05. The van der Waals surface area contributed by atoms with Crippen LogP contribution in [-0.2, 0) is 0 Å². The topological polar surface area (TPSA) is 59.9 Å². The van der Waals surface area contributed by atoms with Gasteiger partial charge in [-0.25, -0.2) is 4.98 Å². The van der Waals surface area contributed by atoms with E-state index in [0.29, 0.717) is 28.2 Å². The average molecular weight is 393 g/mol. The minimum absolute atomic E-state index is 0.135. The van der Waals surface area contributed by atoms with Crippen LogP contribution in [0.5, 0.6) is 5.75 Å². The summed E-state index contributed by atoms with van der Waals surface area (Å²) in [4.78, 5) is 21.5. The number of ether oxygens (including phenoxy) is 1. The molecule has 0 aliphatic carbocycles. The Labute approximate surface area is 172 Å². The summed E-state index contributed by atoms with van der Waals surface area (Å²) >= 11 is 0. The number of aromatic amines is 1. The van der Waals surface area contributed by atoms with E-state index in [2.05, 4.69) is 11.1 Å². The molecule has 0 spiro atoms. The number of rotatable bonds is 4. The molecule has 0 bridgehead atoms. The van der Waals surface area contributed by atoms with E-state index in [-0.39, 0.29) is 5.56 Å². The molecule has 0 aliphatic heterocycles. The van der Waals surface area contributed by atoms with Crippen LogP contribution in [0, 0.1) is 0 Å². The van der Waals surface area contributed by atoms with E-state index in [4.69, 9.17) is 9.72 Å². The van der Waals surface area contributed by atoms with Gasteiger partial charge in [0.05, 0.1) is 23.7 Å². The van der Waals surface area contributed by atoms with Gasteiger partial charge in [-0.15, -0.1) is 0 Å². The Bertz CT molecular complexity index is 1460. The molecule has 0 radical (unpaired) electrons. The lowest BCUT2D eigenvalue weighted by molar-refractivity contribution is 0.412. The van der Waals surface area contributed by atoms with Gasteiger partial charge in [-0.2, -0.15) is 0 Å². The molecule has 5 heteroatoms. The van der Waals surface area contributed by atoms with E-state index in [1.54, 1.807) is 17.7 Å². The number of benzene rings is 3. The van der Waals surface area contributed by atoms with Crippen LogP contribution in [0.25, 0.3) is 39.6 Å². The summed E-state index contributed by atoms with van der Waals surface area (Å²) in [5, 5.41) is 1.67. The van der Waals surface area contributed by atoms with Gasteiger partial charge in [0.2, 0.25) is 0 Å². The van der Waals surface area contributed by atoms with Gasteiger partial charge in [-0.1, -0.05) is 42.5 Å². The fourth-order valence-corrected chi connectivity index (χ4v) is 3.71. The minimum Gasteiger partial charge on any atom is -0.495 e. The summed E-state index contributed by atoms with van der Waals surface area (Å²) in [6, 6.07) is 22.9. The Hall–Kier alpha value is -4.12. The highest BCUT2D eigenvalue weighted by atomic mass is 16.5. The second kappa shape index (κ2) is 7.37. The second-order valence-electron chi connectivity index (χ2n) is 6.92. The van der Waals surface area contributed by atoms with Crippen molar-refractivity contribution < 1.29 is 4.74 Å². The van der Waals surface area contributed by atoms with Crippen molar-refractivity contribution in [3.05, 3.63) is 101 Å². The monoisotopic (exact) mass is 393 g/mol. The summed E-state index contributed by atoms with van der Waals surface area (Å²) in [5.74, 6) is 1.15. The molecule has 3 aromatic carbocycles. The summed E-state index contributed by atoms with van der Waals surface area (Å²) in [6.07, 6.45) is 5.80. The molecule has 5 nitrogen and oxygen atoms in total. The molecule has 5 rings (SSSR count). The van der Waals surface area contributed by atoms with Crippen LogP contribution < -0.4 is 10.3 Å². The Morgan fingerprint density at radius 3 is 2.50 bits per heavy atom. The highest BCUT2D eigenvalue weighted by Gasteiger charge is 2.14. The highest BCUT2D eigenvalue weighted by molar-refractivity contribution is 5.91. The summed E-state index contributed by atoms with van der Waals surface area (Å²) < 4.78 is 7.12. The van der Waals surface area contributed by atoms with Crippen molar-refractivity contribution in [1.82, 2.24) is 14.5 Å². The SMILES string of the molecule is COc1ccccc1-n1c(/C=C/c2c[nH]c3ccccc23)nc2ccccc2c1=O. The third kappa shape index (κ3) is 2.97. The Balaban J connectivity index is 1.75. The maximum absolute atomic E-state index is 13.4. The molecule has 0 amide bonds. The molecular weight excluding hydrogens is 374 g/mol. The Morgan fingerprint density at radius 1 is 0.900 bits per heavy atom. The van der Waals surface area contributed by atoms with Crippen molar-refractivity contribution in [3.8, 4) is 11.4 Å². The summed E-state index contributed by atoms with van der Waals surface area (Å²) in [6.45, 7) is 0. The molecule has 0 unspecified atom stereocenters. The van der Waals surface area contributed by atoms with Gasteiger partial charge < -0.3 is 9.72 Å². The molecule has 2 heterocycles. The van der Waals surface area contributed by atoms with Gasteiger partial charge in [0.25, 0.3) is 5.56 Å². The number of nitrogens with zero attached hydrogens (tertiary/aromatic N) is 2. The Morgan fingerprint density at radius 2 is 1.63 bits per heavy atom. The number of hydrogen-bond acceptors (Lipinski definition) is 3. The fourth-order valence-electron chi connectivity index (χ4n) is 3.71. The van der Waals surface area contributed by atoms with Crippen LogP contribution in [0.3, 0.4) is 0 Å². The number of methoxy groups -OCH3 is 1. The summed E-state index contributed by atoms with van der Waals surface area (Å²) in [5.41, 5.74) is 3.27. The molecule has 2 aromatic heterocycles. The number of hydrogen-bond donors (Lipinski definition) is 1. The fraction of sp³-hybridized carbons (Fsp3) is 0.0400. The number of nitrogens with one attached hydrogen (secondary N) is 1. The second-order valence-corrected chi connectivity index (χ2v) is 6.92. The third-order valence-electron chi connectivity index (χ3n) is 5.16. The molecule has 0 aliphatic rings. The molecule has 5 aromatic rings. The first-order chi connectivity index (χ1) is 14.8. The molecule has 0 atom stereocenters. The molecule has 0 fully saturated rings. The van der Waals surface area contributed by atoms with Crippen molar-refractivity contribution in [1.29, 1.82) is 0 Å². The van der Waals surface area contributed by atoms with Gasteiger partial charge in [0.15, 0.2) is 0 Å². The quantitative estimate of drug-likeness (QED) is 0.465. The molecule has 30 heavy (non-hydrogen) atoms. The Kier molecular flexibility index (Phi) is 4.41. The van der Waals surface area contributed by atoms with E-state index in [1.807, 2.05) is 79.0 Å². The lowest BCUT2D eigenvalue weighted by Gasteiger charge is -2.14. The smallest absolute Gasteiger partial charge is 0.266 e. The highest BCUT2D eigenvalue weighted by Crippen LogP contribution is 2.25. The molecule has 146 valence electrons. The number of aromatic nitrogens is 3. The van der Waals surface area contributed by atoms with E-state index >= 15 is 0 Å². The van der Waals surface area contributed by atoms with Gasteiger partial charge >= 0.3 is 0 Å². The first kappa shape index (κ1) is 17.9. The minimum atomic E-state index is -0.135. The van der Waals surface area contributed by atoms with Crippen LogP contribution in [-0.4, -0.2) is 21.6 Å². The standard InChI is InChI=1S/C25H19N3O2/c1-30-23-13-7-6-12-22(23)28-24(27-21-11-5-3-9-19(21)25(28)29)15-14-17-16-26-20-10-4-2-8-18(17)20/h2-16,26H,1H3/b15-14+. The van der Waals surface area contributed by atoms with E-state index in [9.17, 15) is 4.79 Å². The van der Waals surface area contributed by atoms with E-state index in [0.717, 1.165) is 16.5 Å². The van der Waals surface area contributed by atoms with Crippen molar-refractivity contribution in [2.24, 2.45) is 0 Å². The van der Waals surface area contributed by atoms with Crippen LogP contribution >= 0.6 is 0 Å². The number of fused-ring (bicyclic) bond motifs is 2.